The lowest BCUT2D eigenvalue weighted by Gasteiger charge is -2.44. The van der Waals surface area contributed by atoms with Crippen LogP contribution < -0.4 is 26.0 Å². The summed E-state index contributed by atoms with van der Waals surface area (Å²) in [6.45, 7) is 12.4. The standard InChI is InChI=1S/C34H48FN5O3S.C15H13ClO5S.CH5N.CH2O/c1-24-12-17-40(34(2,3)21-24)44-23-25-8-10-29(35)31(19-25)37-33(43)39-15-13-26(14-16-39)27-9-11-30(32(20-27)38(4)5)36-28(22-42)7-6-18-41;1-2-8-4-3-5-9(6-8)13-11(16)12(21-7-10(17)18)14(22-13)15(19)20;2*1-2/h8-11,18-20,22,24,26,28,36H,6-7,12-17,21,23H2,1-5H3,(H,37,43);3-6H,2,7H2,1H3,(H,17,18)(H,19,20);2H2,1H3;1H2. The molecule has 2 amide bonds. The monoisotopic (exact) mass is 1030 g/mol. The third kappa shape index (κ3) is 16.8. The number of benzene rings is 3. The maximum Gasteiger partial charge on any atom is 0.349 e. The van der Waals surface area contributed by atoms with Crippen molar-refractivity contribution in [3.63, 3.8) is 0 Å². The summed E-state index contributed by atoms with van der Waals surface area (Å²) in [5.41, 5.74) is 10.7. The number of aliphatic carboxylic acids is 1. The molecule has 70 heavy (non-hydrogen) atoms. The van der Waals surface area contributed by atoms with Crippen LogP contribution in [0.5, 0.6) is 5.75 Å². The van der Waals surface area contributed by atoms with Gasteiger partial charge >= 0.3 is 18.0 Å². The first kappa shape index (κ1) is 58.8. The first-order valence-corrected chi connectivity index (χ1v) is 25.2. The molecule has 2 atom stereocenters. The summed E-state index contributed by atoms with van der Waals surface area (Å²) in [5, 5.41) is 24.1. The fourth-order valence-electron chi connectivity index (χ4n) is 8.29. The van der Waals surface area contributed by atoms with E-state index in [0.29, 0.717) is 30.8 Å². The average Bonchev–Trinajstić information content (AvgIpc) is 3.69. The van der Waals surface area contributed by atoms with Gasteiger partial charge in [0.1, 0.15) is 30.2 Å². The normalized spacial score (nSPS) is 15.8. The molecule has 6 rings (SSSR count). The number of hydrogen-bond acceptors (Lipinski definition) is 13. The third-order valence-electron chi connectivity index (χ3n) is 11.8. The smallest absolute Gasteiger partial charge is 0.349 e. The molecule has 0 radical (unpaired) electrons. The van der Waals surface area contributed by atoms with E-state index in [1.165, 1.54) is 25.1 Å². The Bertz CT molecular complexity index is 2360. The first-order chi connectivity index (χ1) is 33.4. The van der Waals surface area contributed by atoms with Gasteiger partial charge in [-0.05, 0) is 118 Å². The maximum atomic E-state index is 14.7. The number of aldehydes is 2. The highest BCUT2D eigenvalue weighted by Crippen LogP contribution is 2.46. The summed E-state index contributed by atoms with van der Waals surface area (Å²) < 4.78 is 22.2. The second-order valence-corrected chi connectivity index (χ2v) is 19.9. The van der Waals surface area contributed by atoms with Gasteiger partial charge in [-0.2, -0.15) is 0 Å². The topological polar surface area (TPSA) is 212 Å². The molecule has 382 valence electrons. The molecule has 0 aliphatic carbocycles. The second-order valence-electron chi connectivity index (χ2n) is 17.5. The Kier molecular flexibility index (Phi) is 24.3. The van der Waals surface area contributed by atoms with Gasteiger partial charge in [0.25, 0.3) is 0 Å². The highest BCUT2D eigenvalue weighted by molar-refractivity contribution is 7.96. The average molecular weight is 1030 g/mol. The predicted molar refractivity (Wildman–Crippen MR) is 280 cm³/mol. The molecule has 2 fully saturated rings. The molecule has 3 aromatic carbocycles. The molecule has 0 saturated carbocycles. The molecule has 19 heteroatoms. The fourth-order valence-corrected chi connectivity index (χ4v) is 10.8. The SMILES string of the molecule is C=O.CC1CCN(SCc2ccc(F)c(NC(=O)N3CCC(c4ccc(NC(C=O)CCC=O)c(N(C)C)c4)CC3)c2)C(C)(C)C1.CCc1cccc(-c2sc(C(=O)O)c(OCC(=O)O)c2Cl)c1.CN. The lowest BCUT2D eigenvalue weighted by Crippen LogP contribution is -2.45. The van der Waals surface area contributed by atoms with Crippen molar-refractivity contribution in [2.75, 3.05) is 62.9 Å². The quantitative estimate of drug-likeness (QED) is 0.0464. The van der Waals surface area contributed by atoms with Gasteiger partial charge in [0.15, 0.2) is 17.2 Å². The van der Waals surface area contributed by atoms with Crippen LogP contribution in [0.1, 0.15) is 98.5 Å². The van der Waals surface area contributed by atoms with E-state index in [1.54, 1.807) is 29.0 Å². The van der Waals surface area contributed by atoms with Gasteiger partial charge in [-0.25, -0.2) is 23.1 Å². The number of amides is 2. The maximum absolute atomic E-state index is 14.7. The summed E-state index contributed by atoms with van der Waals surface area (Å²) in [6, 6.07) is 18.1. The van der Waals surface area contributed by atoms with E-state index in [0.717, 1.165) is 95.9 Å². The van der Waals surface area contributed by atoms with Crippen LogP contribution in [0.4, 0.5) is 26.2 Å². The van der Waals surface area contributed by atoms with Crippen molar-refractivity contribution in [2.45, 2.75) is 95.9 Å². The number of halogens is 2. The van der Waals surface area contributed by atoms with E-state index in [-0.39, 0.29) is 38.8 Å². The third-order valence-corrected chi connectivity index (χ3v) is 14.9. The van der Waals surface area contributed by atoms with E-state index >= 15 is 0 Å². The van der Waals surface area contributed by atoms with Gasteiger partial charge in [-0.3, -0.25) is 0 Å². The van der Waals surface area contributed by atoms with Gasteiger partial charge in [0.05, 0.1) is 28.0 Å². The van der Waals surface area contributed by atoms with Crippen LogP contribution in [0.2, 0.25) is 5.02 Å². The van der Waals surface area contributed by atoms with Crippen molar-refractivity contribution in [1.29, 1.82) is 0 Å². The number of carbonyl (C=O) groups excluding carboxylic acids is 4. The Hall–Kier alpha value is -5.53. The van der Waals surface area contributed by atoms with Crippen LogP contribution >= 0.6 is 34.9 Å². The number of nitrogens with zero attached hydrogens (tertiary/aromatic N) is 3. The van der Waals surface area contributed by atoms with Crippen LogP contribution in [0, 0.1) is 11.7 Å². The number of rotatable bonds is 18. The number of aryl methyl sites for hydroxylation is 1. The zero-order valence-electron chi connectivity index (χ0n) is 41.1. The number of carbonyl (C=O) groups is 6. The Labute approximate surface area is 424 Å². The number of anilines is 3. The number of urea groups is 1. The highest BCUT2D eigenvalue weighted by atomic mass is 35.5. The Balaban J connectivity index is 0.000000417. The number of ether oxygens (including phenoxy) is 1. The summed E-state index contributed by atoms with van der Waals surface area (Å²) >= 11 is 8.97. The minimum atomic E-state index is -1.20. The molecule has 2 aliphatic rings. The molecule has 1 aromatic heterocycles. The number of thiophene rings is 1. The van der Waals surface area contributed by atoms with E-state index in [4.69, 9.17) is 26.2 Å². The summed E-state index contributed by atoms with van der Waals surface area (Å²) in [5.74, 6) is -1.20. The molecular formula is C51H68ClFN6O9S2. The largest absolute Gasteiger partial charge is 0.479 e. The van der Waals surface area contributed by atoms with Crippen molar-refractivity contribution >= 4 is 89.3 Å². The molecule has 2 saturated heterocycles. The second kappa shape index (κ2) is 29.0. The van der Waals surface area contributed by atoms with Crippen molar-refractivity contribution in [1.82, 2.24) is 9.21 Å². The number of nitrogens with one attached hydrogen (secondary N) is 2. The zero-order chi connectivity index (χ0) is 52.1. The van der Waals surface area contributed by atoms with Gasteiger partial charge in [-0.15, -0.1) is 11.3 Å². The lowest BCUT2D eigenvalue weighted by molar-refractivity contribution is -0.139. The van der Waals surface area contributed by atoms with Crippen molar-refractivity contribution < 1.29 is 48.1 Å². The Morgan fingerprint density at radius 1 is 1.01 bits per heavy atom. The number of hydrogen-bond donors (Lipinski definition) is 5. The molecule has 6 N–H and O–H groups in total. The fraction of sp³-hybridized carbons (Fsp3) is 0.451. The van der Waals surface area contributed by atoms with Crippen LogP contribution in [-0.2, 0) is 31.4 Å². The molecule has 2 unspecified atom stereocenters. The number of nitrogens with two attached hydrogens (primary N) is 1. The molecule has 15 nitrogen and oxygen atoms in total. The van der Waals surface area contributed by atoms with Gasteiger partial charge in [0, 0.05) is 51.4 Å². The molecule has 2 aliphatic heterocycles. The van der Waals surface area contributed by atoms with Crippen molar-refractivity contribution in [2.24, 2.45) is 11.7 Å². The van der Waals surface area contributed by atoms with Crippen LogP contribution in [0.3, 0.4) is 0 Å². The van der Waals surface area contributed by atoms with Crippen LogP contribution in [0.15, 0.2) is 60.7 Å². The summed E-state index contributed by atoms with van der Waals surface area (Å²) in [6.07, 6.45) is 7.22. The van der Waals surface area contributed by atoms with Gasteiger partial charge < -0.3 is 55.5 Å². The predicted octanol–water partition coefficient (Wildman–Crippen LogP) is 10.1. The Morgan fingerprint density at radius 3 is 2.31 bits per heavy atom. The number of likely N-dealkylation sites (tertiary alicyclic amines) is 1. The lowest BCUT2D eigenvalue weighted by atomic mass is 9.86. The minimum Gasteiger partial charge on any atom is -0.479 e. The van der Waals surface area contributed by atoms with E-state index < -0.39 is 30.4 Å². The molecular weight excluding hydrogens is 959 g/mol. The zero-order valence-corrected chi connectivity index (χ0v) is 43.5. The summed E-state index contributed by atoms with van der Waals surface area (Å²) in [7, 11) is 5.42. The van der Waals surface area contributed by atoms with Crippen LogP contribution in [-0.4, -0.2) is 116 Å². The van der Waals surface area contributed by atoms with Crippen LogP contribution in [0.25, 0.3) is 10.4 Å². The molecule has 0 bridgehead atoms. The first-order valence-electron chi connectivity index (χ1n) is 23.0. The van der Waals surface area contributed by atoms with Crippen molar-refractivity contribution in [3.05, 3.63) is 93.1 Å². The van der Waals surface area contributed by atoms with E-state index in [2.05, 4.69) is 53.6 Å². The summed E-state index contributed by atoms with van der Waals surface area (Å²) in [4.78, 5) is 69.6. The number of carboxylic acid groups (broad SMARTS) is 2. The minimum absolute atomic E-state index is 0.0986. The molecule has 4 aromatic rings. The number of aromatic carboxylic acids is 1. The highest BCUT2D eigenvalue weighted by Gasteiger charge is 2.33. The molecule has 3 heterocycles. The van der Waals surface area contributed by atoms with E-state index in [1.807, 2.05) is 63.0 Å². The van der Waals surface area contributed by atoms with Gasteiger partial charge in [0.2, 0.25) is 0 Å². The Morgan fingerprint density at radius 2 is 1.71 bits per heavy atom. The van der Waals surface area contributed by atoms with Gasteiger partial charge in [-0.1, -0.05) is 73.8 Å². The van der Waals surface area contributed by atoms with E-state index in [9.17, 15) is 33.5 Å². The molecule has 0 spiro atoms. The van der Waals surface area contributed by atoms with Crippen molar-refractivity contribution in [3.8, 4) is 16.2 Å². The number of piperidine rings is 2. The number of carboxylic acids is 2.